The quantitative estimate of drug-likeness (QED) is 0.278. The second-order valence-electron chi connectivity index (χ2n) is 4.38. The van der Waals surface area contributed by atoms with E-state index in [9.17, 15) is 9.59 Å². The van der Waals surface area contributed by atoms with E-state index in [0.717, 1.165) is 0 Å². The van der Waals surface area contributed by atoms with Gasteiger partial charge in [0, 0.05) is 4.75 Å². The van der Waals surface area contributed by atoms with Crippen LogP contribution in [-0.4, -0.2) is 41.3 Å². The Morgan fingerprint density at radius 1 is 1.71 bits per heavy atom. The molecule has 0 aromatic rings. The van der Waals surface area contributed by atoms with E-state index in [4.69, 9.17) is 16.3 Å². The third kappa shape index (κ3) is 2.01. The first-order valence-electron chi connectivity index (χ1n) is 4.84. The minimum atomic E-state index is -0.608. The number of ether oxygens (including phenoxy) is 1. The Labute approximate surface area is 130 Å². The first-order valence-corrected chi connectivity index (χ1v) is 8.13. The highest BCUT2D eigenvalue weighted by atomic mass is 127. The summed E-state index contributed by atoms with van der Waals surface area (Å²) >= 11 is 12.5. The third-order valence-corrected chi connectivity index (χ3v) is 7.15. The molecule has 4 nitrogen and oxygen atoms in total. The summed E-state index contributed by atoms with van der Waals surface area (Å²) in [7, 11) is 0. The Morgan fingerprint density at radius 2 is 2.29 bits per heavy atom. The molecule has 2 fully saturated rings. The minimum Gasteiger partial charge on any atom is -0.448 e. The van der Waals surface area contributed by atoms with E-state index >= 15 is 0 Å². The maximum Gasteiger partial charge on any atom is 0.331 e. The highest BCUT2D eigenvalue weighted by Crippen LogP contribution is 2.60. The van der Waals surface area contributed by atoms with Crippen LogP contribution in [0.5, 0.6) is 0 Å². The van der Waals surface area contributed by atoms with E-state index in [1.807, 2.05) is 13.8 Å². The van der Waals surface area contributed by atoms with Gasteiger partial charge in [-0.2, -0.15) is 0 Å². The molecule has 2 saturated heterocycles. The molecule has 1 unspecified atom stereocenters. The molecule has 3 atom stereocenters. The molecule has 0 saturated carbocycles. The zero-order chi connectivity index (χ0) is 13.0. The standard InChI is InChI=1S/C9H10BrClINO3S/c1-8(2)4(5(14)16-3-11)13-6(15)9(10,12)7(13)17-8/h4,7H,3H2,1-2H3/t4-,7+,9?/m0/s1. The van der Waals surface area contributed by atoms with Crippen LogP contribution in [0.3, 0.4) is 0 Å². The molecule has 0 aliphatic carbocycles. The zero-order valence-corrected chi connectivity index (χ0v) is 14.4. The number of β-lactam (4-membered cyclic amide) rings is 1. The molecular formula is C9H10BrClINO3S. The fraction of sp³-hybridized carbons (Fsp3) is 0.778. The highest BCUT2D eigenvalue weighted by Gasteiger charge is 2.70. The molecule has 0 N–H and O–H groups in total. The maximum atomic E-state index is 12.0. The van der Waals surface area contributed by atoms with Crippen LogP contribution >= 0.6 is 61.9 Å². The average Bonchev–Trinajstić information content (AvgIpc) is 2.48. The van der Waals surface area contributed by atoms with Gasteiger partial charge in [0.05, 0.1) is 0 Å². The van der Waals surface area contributed by atoms with Crippen LogP contribution in [0.1, 0.15) is 13.8 Å². The molecule has 1 amide bonds. The third-order valence-electron chi connectivity index (χ3n) is 2.85. The largest absolute Gasteiger partial charge is 0.448 e. The second kappa shape index (κ2) is 4.42. The molecule has 96 valence electrons. The van der Waals surface area contributed by atoms with Crippen molar-refractivity contribution in [3.8, 4) is 0 Å². The van der Waals surface area contributed by atoms with Crippen molar-refractivity contribution in [2.24, 2.45) is 0 Å². The van der Waals surface area contributed by atoms with Gasteiger partial charge in [0.25, 0.3) is 5.91 Å². The summed E-state index contributed by atoms with van der Waals surface area (Å²) in [6.07, 6.45) is 0. The fourth-order valence-corrected chi connectivity index (χ4v) is 5.36. The first-order chi connectivity index (χ1) is 7.73. The van der Waals surface area contributed by atoms with Gasteiger partial charge < -0.3 is 9.64 Å². The summed E-state index contributed by atoms with van der Waals surface area (Å²) in [6.45, 7) is 3.87. The van der Waals surface area contributed by atoms with Crippen molar-refractivity contribution in [3.63, 3.8) is 0 Å². The number of esters is 1. The Bertz CT molecular complexity index is 392. The zero-order valence-electron chi connectivity index (χ0n) is 9.08. The predicted octanol–water partition coefficient (Wildman–Crippen LogP) is 2.31. The van der Waals surface area contributed by atoms with Crippen LogP contribution in [0.4, 0.5) is 0 Å². The number of alkyl halides is 3. The monoisotopic (exact) mass is 453 g/mol. The summed E-state index contributed by atoms with van der Waals surface area (Å²) in [4.78, 5) is 25.4. The fourth-order valence-electron chi connectivity index (χ4n) is 2.09. The van der Waals surface area contributed by atoms with Gasteiger partial charge in [-0.05, 0) is 13.8 Å². The molecular weight excluding hydrogens is 444 g/mol. The summed E-state index contributed by atoms with van der Waals surface area (Å²) in [5.41, 5.74) is 0. The smallest absolute Gasteiger partial charge is 0.331 e. The minimum absolute atomic E-state index is 0.0431. The number of thioether (sulfide) groups is 1. The van der Waals surface area contributed by atoms with Gasteiger partial charge in [-0.25, -0.2) is 4.79 Å². The van der Waals surface area contributed by atoms with Gasteiger partial charge in [-0.1, -0.05) is 50.1 Å². The average molecular weight is 455 g/mol. The Balaban J connectivity index is 2.28. The number of hydrogen-bond acceptors (Lipinski definition) is 4. The molecule has 0 aromatic carbocycles. The van der Waals surface area contributed by atoms with E-state index < -0.39 is 14.3 Å². The summed E-state index contributed by atoms with van der Waals surface area (Å²) in [5.74, 6) is -0.523. The van der Waals surface area contributed by atoms with Crippen molar-refractivity contribution in [3.05, 3.63) is 0 Å². The van der Waals surface area contributed by atoms with Crippen molar-refractivity contribution >= 4 is 73.8 Å². The lowest BCUT2D eigenvalue weighted by Crippen LogP contribution is -2.68. The lowest BCUT2D eigenvalue weighted by Gasteiger charge is -2.46. The van der Waals surface area contributed by atoms with Crippen molar-refractivity contribution in [1.29, 1.82) is 0 Å². The summed E-state index contributed by atoms with van der Waals surface area (Å²) in [6, 6.07) is -0.754. The van der Waals surface area contributed by atoms with Crippen molar-refractivity contribution in [1.82, 2.24) is 4.90 Å². The number of halogens is 3. The number of carbonyl (C=O) groups excluding carboxylic acids is 2. The Morgan fingerprint density at radius 3 is 2.82 bits per heavy atom. The molecule has 2 aliphatic heterocycles. The Kier molecular flexibility index (Phi) is 3.69. The van der Waals surface area contributed by atoms with Crippen molar-refractivity contribution in [2.75, 3.05) is 6.07 Å². The van der Waals surface area contributed by atoms with Crippen LogP contribution in [0.15, 0.2) is 0 Å². The molecule has 0 bridgehead atoms. The number of amides is 1. The van der Waals surface area contributed by atoms with Crippen LogP contribution in [-0.2, 0) is 14.3 Å². The molecule has 8 heteroatoms. The van der Waals surface area contributed by atoms with Crippen LogP contribution in [0.2, 0.25) is 0 Å². The van der Waals surface area contributed by atoms with Crippen LogP contribution in [0, 0.1) is 0 Å². The molecule has 2 rings (SSSR count). The Hall–Kier alpha value is 0.790. The SMILES string of the molecule is CC1(C)S[C@H]2N(C(=O)C2(Br)I)[C@H]1C(=O)OCCl. The number of fused-ring (bicyclic) bond motifs is 1. The number of rotatable bonds is 2. The molecule has 17 heavy (non-hydrogen) atoms. The molecule has 0 spiro atoms. The van der Waals surface area contributed by atoms with Gasteiger partial charge in [-0.15, -0.1) is 11.8 Å². The predicted molar refractivity (Wildman–Crippen MR) is 78.6 cm³/mol. The van der Waals surface area contributed by atoms with E-state index in [2.05, 4.69) is 38.5 Å². The lowest BCUT2D eigenvalue weighted by atomic mass is 9.98. The molecule has 0 radical (unpaired) electrons. The van der Waals surface area contributed by atoms with Gasteiger partial charge in [0.1, 0.15) is 11.4 Å². The van der Waals surface area contributed by atoms with Gasteiger partial charge in [0.2, 0.25) is 0 Å². The number of nitrogens with zero attached hydrogens (tertiary/aromatic N) is 1. The summed E-state index contributed by atoms with van der Waals surface area (Å²) < 4.78 is 3.85. The first kappa shape index (κ1) is 14.2. The van der Waals surface area contributed by atoms with Crippen LogP contribution in [0.25, 0.3) is 0 Å². The van der Waals surface area contributed by atoms with Crippen LogP contribution < -0.4 is 0 Å². The number of carbonyl (C=O) groups is 2. The van der Waals surface area contributed by atoms with Gasteiger partial charge >= 0.3 is 5.97 Å². The normalized spacial score (nSPS) is 38.6. The van der Waals surface area contributed by atoms with E-state index in [0.29, 0.717) is 0 Å². The van der Waals surface area contributed by atoms with E-state index in [-0.39, 0.29) is 22.1 Å². The molecule has 0 aromatic heterocycles. The lowest BCUT2D eigenvalue weighted by molar-refractivity contribution is -0.159. The van der Waals surface area contributed by atoms with Gasteiger partial charge in [0.15, 0.2) is 8.40 Å². The summed E-state index contributed by atoms with van der Waals surface area (Å²) in [5, 5.41) is -0.0431. The number of hydrogen-bond donors (Lipinski definition) is 0. The topological polar surface area (TPSA) is 46.6 Å². The van der Waals surface area contributed by atoms with Crippen molar-refractivity contribution in [2.45, 2.75) is 32.3 Å². The van der Waals surface area contributed by atoms with E-state index in [1.165, 1.54) is 0 Å². The molecule has 2 aliphatic rings. The van der Waals surface area contributed by atoms with Gasteiger partial charge in [-0.3, -0.25) is 4.79 Å². The highest BCUT2D eigenvalue weighted by molar-refractivity contribution is 14.1. The molecule has 2 heterocycles. The van der Waals surface area contributed by atoms with E-state index in [1.54, 1.807) is 16.7 Å². The maximum absolute atomic E-state index is 12.0. The van der Waals surface area contributed by atoms with Crippen molar-refractivity contribution < 1.29 is 14.3 Å². The second-order valence-corrected chi connectivity index (χ2v) is 10.8.